The number of thioether (sulfide) groups is 1. The van der Waals surface area contributed by atoms with E-state index in [1.54, 1.807) is 16.4 Å². The van der Waals surface area contributed by atoms with Crippen LogP contribution < -0.4 is 0 Å². The molecule has 0 aliphatic carbocycles. The number of nitrogens with zero attached hydrogens (tertiary/aromatic N) is 2. The van der Waals surface area contributed by atoms with E-state index in [2.05, 4.69) is 25.1 Å². The van der Waals surface area contributed by atoms with E-state index in [9.17, 15) is 0 Å². The maximum Gasteiger partial charge on any atom is 0.101 e. The van der Waals surface area contributed by atoms with E-state index in [1.807, 2.05) is 13.2 Å². The van der Waals surface area contributed by atoms with Gasteiger partial charge in [0.25, 0.3) is 0 Å². The van der Waals surface area contributed by atoms with Gasteiger partial charge in [-0.25, -0.2) is 0 Å². The van der Waals surface area contributed by atoms with Gasteiger partial charge in [0.05, 0.1) is 11.1 Å². The van der Waals surface area contributed by atoms with Crippen molar-refractivity contribution < 1.29 is 0 Å². The van der Waals surface area contributed by atoms with E-state index in [1.165, 1.54) is 0 Å². The maximum atomic E-state index is 4.01. The van der Waals surface area contributed by atoms with Crippen molar-refractivity contribution in [1.29, 1.82) is 0 Å². The molecule has 0 saturated heterocycles. The summed E-state index contributed by atoms with van der Waals surface area (Å²) < 4.78 is 1.70. The zero-order valence-electron chi connectivity index (χ0n) is 6.46. The summed E-state index contributed by atoms with van der Waals surface area (Å²) in [5.74, 6) is 0. The van der Waals surface area contributed by atoms with Crippen molar-refractivity contribution in [3.63, 3.8) is 0 Å². The minimum atomic E-state index is 0.612. The second kappa shape index (κ2) is 3.10. The molecular formula is C7H11N2S. The van der Waals surface area contributed by atoms with Crippen molar-refractivity contribution in [3.8, 4) is 0 Å². The van der Waals surface area contributed by atoms with Crippen LogP contribution in [0.2, 0.25) is 0 Å². The van der Waals surface area contributed by atoms with Gasteiger partial charge in [-0.3, -0.25) is 4.68 Å². The Morgan fingerprint density at radius 1 is 1.70 bits per heavy atom. The van der Waals surface area contributed by atoms with Crippen molar-refractivity contribution in [2.45, 2.75) is 24.0 Å². The monoisotopic (exact) mass is 155 g/mol. The first kappa shape index (κ1) is 7.66. The van der Waals surface area contributed by atoms with Gasteiger partial charge < -0.3 is 0 Å². The lowest BCUT2D eigenvalue weighted by atomic mass is 10.6. The highest BCUT2D eigenvalue weighted by atomic mass is 32.2. The zero-order chi connectivity index (χ0) is 7.56. The van der Waals surface area contributed by atoms with Gasteiger partial charge in [-0.15, -0.1) is 11.8 Å². The summed E-state index contributed by atoms with van der Waals surface area (Å²) in [5.41, 5.74) is 0. The highest BCUT2D eigenvalue weighted by molar-refractivity contribution is 7.99. The molecule has 0 spiro atoms. The van der Waals surface area contributed by atoms with Crippen molar-refractivity contribution in [1.82, 2.24) is 9.78 Å². The smallest absolute Gasteiger partial charge is 0.101 e. The van der Waals surface area contributed by atoms with Crippen LogP contribution in [0.4, 0.5) is 0 Å². The molecule has 1 rings (SSSR count). The van der Waals surface area contributed by atoms with Crippen LogP contribution in [-0.4, -0.2) is 15.0 Å². The molecule has 0 aromatic carbocycles. The van der Waals surface area contributed by atoms with Crippen molar-refractivity contribution in [2.24, 2.45) is 7.05 Å². The van der Waals surface area contributed by atoms with E-state index in [-0.39, 0.29) is 0 Å². The molecule has 0 bridgehead atoms. The van der Waals surface area contributed by atoms with Crippen LogP contribution in [0.5, 0.6) is 0 Å². The average molecular weight is 155 g/mol. The van der Waals surface area contributed by atoms with Gasteiger partial charge in [-0.2, -0.15) is 5.10 Å². The molecule has 0 aliphatic heterocycles. The van der Waals surface area contributed by atoms with Gasteiger partial charge >= 0.3 is 0 Å². The molecule has 1 heterocycles. The Kier molecular flexibility index (Phi) is 2.38. The Labute approximate surface area is 65.6 Å². The van der Waals surface area contributed by atoms with E-state index in [0.717, 1.165) is 4.90 Å². The lowest BCUT2D eigenvalue weighted by Gasteiger charge is -1.97. The Hall–Kier alpha value is -0.440. The molecule has 0 fully saturated rings. The predicted molar refractivity (Wildman–Crippen MR) is 43.0 cm³/mol. The number of hydrogen-bond donors (Lipinski definition) is 0. The Balaban J connectivity index is 2.58. The van der Waals surface area contributed by atoms with Gasteiger partial charge in [0, 0.05) is 12.3 Å². The standard InChI is InChI=1S/C7H11N2S/c1-6(2)10-7-4-8-9(3)5-7/h4,6H,1-3H3. The lowest BCUT2D eigenvalue weighted by molar-refractivity contribution is 0.760. The molecule has 0 atom stereocenters. The number of rotatable bonds is 2. The molecule has 0 N–H and O–H groups in total. The van der Waals surface area contributed by atoms with Crippen LogP contribution in [-0.2, 0) is 7.05 Å². The molecule has 0 amide bonds. The zero-order valence-corrected chi connectivity index (χ0v) is 7.27. The Morgan fingerprint density at radius 2 is 2.40 bits per heavy atom. The third kappa shape index (κ3) is 2.06. The van der Waals surface area contributed by atoms with Crippen molar-refractivity contribution >= 4 is 11.8 Å². The maximum absolute atomic E-state index is 4.01. The van der Waals surface area contributed by atoms with Crippen LogP contribution in [0.1, 0.15) is 13.8 Å². The summed E-state index contributed by atoms with van der Waals surface area (Å²) in [5, 5.41) is 4.62. The molecule has 1 aromatic rings. The molecule has 10 heavy (non-hydrogen) atoms. The molecule has 0 saturated carbocycles. The van der Waals surface area contributed by atoms with Gasteiger partial charge in [0.2, 0.25) is 0 Å². The van der Waals surface area contributed by atoms with Crippen LogP contribution >= 0.6 is 11.8 Å². The largest absolute Gasteiger partial charge is 0.265 e. The molecule has 0 unspecified atom stereocenters. The molecule has 0 aliphatic rings. The summed E-state index contributed by atoms with van der Waals surface area (Å²) in [4.78, 5) is 1.12. The third-order valence-electron chi connectivity index (χ3n) is 0.983. The SMILES string of the molecule is CC(C)Sc1[c]n(C)nc1. The fourth-order valence-electron chi connectivity index (χ4n) is 0.667. The second-order valence-corrected chi connectivity index (χ2v) is 4.03. The number of aryl methyl sites for hydroxylation is 1. The van der Waals surface area contributed by atoms with Gasteiger partial charge in [-0.1, -0.05) is 13.8 Å². The van der Waals surface area contributed by atoms with Gasteiger partial charge in [0.15, 0.2) is 0 Å². The topological polar surface area (TPSA) is 17.8 Å². The first-order valence-corrected chi connectivity index (χ1v) is 4.14. The first-order valence-electron chi connectivity index (χ1n) is 3.26. The Bertz CT molecular complexity index is 205. The van der Waals surface area contributed by atoms with E-state index in [4.69, 9.17) is 0 Å². The van der Waals surface area contributed by atoms with Crippen molar-refractivity contribution in [3.05, 3.63) is 12.4 Å². The lowest BCUT2D eigenvalue weighted by Crippen LogP contribution is -1.86. The molecule has 55 valence electrons. The van der Waals surface area contributed by atoms with E-state index < -0.39 is 0 Å². The van der Waals surface area contributed by atoms with Crippen LogP contribution in [0.15, 0.2) is 11.1 Å². The quantitative estimate of drug-likeness (QED) is 0.605. The highest BCUT2D eigenvalue weighted by Crippen LogP contribution is 2.20. The molecule has 1 radical (unpaired) electrons. The van der Waals surface area contributed by atoms with Crippen LogP contribution in [0, 0.1) is 6.20 Å². The number of hydrogen-bond acceptors (Lipinski definition) is 2. The fourth-order valence-corrected chi connectivity index (χ4v) is 1.47. The Morgan fingerprint density at radius 3 is 2.80 bits per heavy atom. The minimum absolute atomic E-state index is 0.612. The first-order chi connectivity index (χ1) is 4.68. The minimum Gasteiger partial charge on any atom is -0.265 e. The summed E-state index contributed by atoms with van der Waals surface area (Å²) in [6.45, 7) is 4.32. The van der Waals surface area contributed by atoms with Gasteiger partial charge in [-0.05, 0) is 0 Å². The summed E-state index contributed by atoms with van der Waals surface area (Å²) in [6.07, 6.45) is 4.91. The molecule has 3 heteroatoms. The summed E-state index contributed by atoms with van der Waals surface area (Å²) in [7, 11) is 1.88. The van der Waals surface area contributed by atoms with E-state index >= 15 is 0 Å². The van der Waals surface area contributed by atoms with Crippen molar-refractivity contribution in [2.75, 3.05) is 0 Å². The highest BCUT2D eigenvalue weighted by Gasteiger charge is 1.99. The molecule has 1 aromatic heterocycles. The van der Waals surface area contributed by atoms with E-state index in [0.29, 0.717) is 5.25 Å². The van der Waals surface area contributed by atoms with Crippen LogP contribution in [0.25, 0.3) is 0 Å². The van der Waals surface area contributed by atoms with Gasteiger partial charge in [0.1, 0.15) is 6.20 Å². The summed E-state index contributed by atoms with van der Waals surface area (Å²) in [6, 6.07) is 0. The second-order valence-electron chi connectivity index (χ2n) is 2.41. The third-order valence-corrected chi connectivity index (χ3v) is 1.90. The number of aromatic nitrogens is 2. The molecule has 2 nitrogen and oxygen atoms in total. The average Bonchev–Trinajstić information content (AvgIpc) is 2.13. The molecular weight excluding hydrogens is 144 g/mol. The summed E-state index contributed by atoms with van der Waals surface area (Å²) >= 11 is 1.78. The fraction of sp³-hybridized carbons (Fsp3) is 0.571. The predicted octanol–water partition coefficient (Wildman–Crippen LogP) is 1.72. The normalized spacial score (nSPS) is 10.8. The van der Waals surface area contributed by atoms with Crippen LogP contribution in [0.3, 0.4) is 0 Å².